The van der Waals surface area contributed by atoms with E-state index in [0.29, 0.717) is 13.2 Å². The normalized spacial score (nSPS) is 28.5. The fourth-order valence-corrected chi connectivity index (χ4v) is 1.95. The van der Waals surface area contributed by atoms with Crippen LogP contribution in [-0.4, -0.2) is 37.0 Å². The van der Waals surface area contributed by atoms with E-state index in [2.05, 4.69) is 13.8 Å². The SMILES string of the molecule is CCCCCC[C@@H]1OC[C@@H](O)[C@H](OCCCC)O1. The second kappa shape index (κ2) is 9.73. The molecule has 0 aliphatic carbocycles. The Hall–Kier alpha value is -0.160. The number of aliphatic hydroxyl groups is 1. The molecule has 1 N–H and O–H groups in total. The van der Waals surface area contributed by atoms with Crippen LogP contribution in [0.3, 0.4) is 0 Å². The topological polar surface area (TPSA) is 47.9 Å². The minimum Gasteiger partial charge on any atom is -0.385 e. The summed E-state index contributed by atoms with van der Waals surface area (Å²) >= 11 is 0. The molecular weight excluding hydrogens is 232 g/mol. The number of rotatable bonds is 9. The molecule has 1 fully saturated rings. The molecule has 1 rings (SSSR count). The Bertz CT molecular complexity index is 198. The second-order valence-electron chi connectivity index (χ2n) is 4.91. The smallest absolute Gasteiger partial charge is 0.188 e. The first-order valence-electron chi connectivity index (χ1n) is 7.34. The van der Waals surface area contributed by atoms with Gasteiger partial charge < -0.3 is 19.3 Å². The van der Waals surface area contributed by atoms with Gasteiger partial charge in [-0.15, -0.1) is 0 Å². The maximum Gasteiger partial charge on any atom is 0.188 e. The number of hydrogen-bond donors (Lipinski definition) is 1. The van der Waals surface area contributed by atoms with Crippen molar-refractivity contribution < 1.29 is 19.3 Å². The molecule has 0 aromatic rings. The molecule has 1 aliphatic heterocycles. The van der Waals surface area contributed by atoms with Gasteiger partial charge in [-0.3, -0.25) is 0 Å². The van der Waals surface area contributed by atoms with Crippen molar-refractivity contribution in [1.29, 1.82) is 0 Å². The molecule has 1 heterocycles. The third-order valence-electron chi connectivity index (χ3n) is 3.13. The Labute approximate surface area is 111 Å². The molecule has 108 valence electrons. The van der Waals surface area contributed by atoms with Gasteiger partial charge in [0.05, 0.1) is 6.61 Å². The lowest BCUT2D eigenvalue weighted by Gasteiger charge is -2.33. The van der Waals surface area contributed by atoms with E-state index in [-0.39, 0.29) is 6.29 Å². The van der Waals surface area contributed by atoms with Crippen molar-refractivity contribution in [3.8, 4) is 0 Å². The van der Waals surface area contributed by atoms with E-state index < -0.39 is 12.4 Å². The summed E-state index contributed by atoms with van der Waals surface area (Å²) < 4.78 is 16.6. The lowest BCUT2D eigenvalue weighted by Crippen LogP contribution is -2.45. The summed E-state index contributed by atoms with van der Waals surface area (Å²) in [5, 5.41) is 9.72. The van der Waals surface area contributed by atoms with Crippen LogP contribution in [0.25, 0.3) is 0 Å². The highest BCUT2D eigenvalue weighted by atomic mass is 16.8. The molecule has 0 radical (unpaired) electrons. The molecule has 1 aliphatic rings. The molecular formula is C14H28O4. The number of unbranched alkanes of at least 4 members (excludes halogenated alkanes) is 4. The molecule has 0 aromatic carbocycles. The van der Waals surface area contributed by atoms with Crippen molar-refractivity contribution in [3.05, 3.63) is 0 Å². The van der Waals surface area contributed by atoms with Gasteiger partial charge in [0.25, 0.3) is 0 Å². The summed E-state index contributed by atoms with van der Waals surface area (Å²) in [6.07, 6.45) is 6.39. The summed E-state index contributed by atoms with van der Waals surface area (Å²) in [4.78, 5) is 0. The van der Waals surface area contributed by atoms with Crippen LogP contribution < -0.4 is 0 Å². The van der Waals surface area contributed by atoms with E-state index >= 15 is 0 Å². The largest absolute Gasteiger partial charge is 0.385 e. The lowest BCUT2D eigenvalue weighted by atomic mass is 10.1. The van der Waals surface area contributed by atoms with Crippen molar-refractivity contribution >= 4 is 0 Å². The summed E-state index contributed by atoms with van der Waals surface area (Å²) in [5.41, 5.74) is 0. The van der Waals surface area contributed by atoms with Crippen molar-refractivity contribution in [2.75, 3.05) is 13.2 Å². The van der Waals surface area contributed by atoms with E-state index in [4.69, 9.17) is 14.2 Å². The van der Waals surface area contributed by atoms with Gasteiger partial charge in [0.2, 0.25) is 0 Å². The Balaban J connectivity index is 2.18. The molecule has 0 unspecified atom stereocenters. The van der Waals surface area contributed by atoms with Gasteiger partial charge in [0, 0.05) is 6.61 Å². The predicted molar refractivity (Wildman–Crippen MR) is 70.2 cm³/mol. The van der Waals surface area contributed by atoms with E-state index in [1.807, 2.05) is 0 Å². The summed E-state index contributed by atoms with van der Waals surface area (Å²) in [7, 11) is 0. The van der Waals surface area contributed by atoms with Gasteiger partial charge in [-0.25, -0.2) is 0 Å². The van der Waals surface area contributed by atoms with Crippen molar-refractivity contribution in [1.82, 2.24) is 0 Å². The summed E-state index contributed by atoms with van der Waals surface area (Å²) in [6.45, 7) is 5.26. The minimum absolute atomic E-state index is 0.211. The third kappa shape index (κ3) is 6.14. The first-order chi connectivity index (χ1) is 8.77. The highest BCUT2D eigenvalue weighted by Gasteiger charge is 2.30. The zero-order valence-electron chi connectivity index (χ0n) is 11.8. The highest BCUT2D eigenvalue weighted by Crippen LogP contribution is 2.19. The van der Waals surface area contributed by atoms with Crippen molar-refractivity contribution in [2.24, 2.45) is 0 Å². The van der Waals surface area contributed by atoms with E-state index in [9.17, 15) is 5.11 Å². The quantitative estimate of drug-likeness (QED) is 0.648. The van der Waals surface area contributed by atoms with E-state index in [1.54, 1.807) is 0 Å². The zero-order valence-corrected chi connectivity index (χ0v) is 11.8. The molecule has 18 heavy (non-hydrogen) atoms. The number of ether oxygens (including phenoxy) is 3. The summed E-state index contributed by atoms with van der Waals surface area (Å²) in [5.74, 6) is 0. The molecule has 0 amide bonds. The molecule has 0 bridgehead atoms. The fraction of sp³-hybridized carbons (Fsp3) is 1.00. The highest BCUT2D eigenvalue weighted by molar-refractivity contribution is 4.66. The maximum absolute atomic E-state index is 9.72. The van der Waals surface area contributed by atoms with Crippen LogP contribution in [0.5, 0.6) is 0 Å². The molecule has 4 nitrogen and oxygen atoms in total. The number of aliphatic hydroxyl groups excluding tert-OH is 1. The van der Waals surface area contributed by atoms with Crippen LogP contribution in [0.2, 0.25) is 0 Å². The molecule has 1 saturated heterocycles. The molecule has 4 heteroatoms. The maximum atomic E-state index is 9.72. The molecule has 0 saturated carbocycles. The Morgan fingerprint density at radius 2 is 1.89 bits per heavy atom. The first kappa shape index (κ1) is 15.9. The van der Waals surface area contributed by atoms with Gasteiger partial charge in [-0.2, -0.15) is 0 Å². The van der Waals surface area contributed by atoms with E-state index in [1.165, 1.54) is 19.3 Å². The Morgan fingerprint density at radius 3 is 2.61 bits per heavy atom. The molecule has 3 atom stereocenters. The third-order valence-corrected chi connectivity index (χ3v) is 3.13. The monoisotopic (exact) mass is 260 g/mol. The first-order valence-corrected chi connectivity index (χ1v) is 7.34. The van der Waals surface area contributed by atoms with Crippen molar-refractivity contribution in [2.45, 2.75) is 77.5 Å². The molecule has 0 aromatic heterocycles. The van der Waals surface area contributed by atoms with E-state index in [0.717, 1.165) is 25.7 Å². The van der Waals surface area contributed by atoms with Gasteiger partial charge >= 0.3 is 0 Å². The van der Waals surface area contributed by atoms with Gasteiger partial charge in [0.15, 0.2) is 12.6 Å². The van der Waals surface area contributed by atoms with Crippen LogP contribution >= 0.6 is 0 Å². The van der Waals surface area contributed by atoms with Gasteiger partial charge in [0.1, 0.15) is 6.10 Å². The van der Waals surface area contributed by atoms with Gasteiger partial charge in [-0.05, 0) is 19.3 Å². The van der Waals surface area contributed by atoms with Crippen LogP contribution in [0.1, 0.15) is 58.8 Å². The minimum atomic E-state index is -0.659. The van der Waals surface area contributed by atoms with Crippen LogP contribution in [0, 0.1) is 0 Å². The second-order valence-corrected chi connectivity index (χ2v) is 4.91. The Morgan fingerprint density at radius 1 is 1.11 bits per heavy atom. The lowest BCUT2D eigenvalue weighted by molar-refractivity contribution is -0.323. The predicted octanol–water partition coefficient (Wildman–Crippen LogP) is 2.83. The summed E-state index contributed by atoms with van der Waals surface area (Å²) in [6, 6.07) is 0. The van der Waals surface area contributed by atoms with Crippen LogP contribution in [0.4, 0.5) is 0 Å². The number of hydrogen-bond acceptors (Lipinski definition) is 4. The average molecular weight is 260 g/mol. The fourth-order valence-electron chi connectivity index (χ4n) is 1.95. The van der Waals surface area contributed by atoms with Crippen LogP contribution in [-0.2, 0) is 14.2 Å². The average Bonchev–Trinajstić information content (AvgIpc) is 2.38. The zero-order chi connectivity index (χ0) is 13.2. The van der Waals surface area contributed by atoms with Crippen LogP contribution in [0.15, 0.2) is 0 Å². The standard InChI is InChI=1S/C14H28O4/c1-3-5-7-8-9-13-17-11-12(15)14(18-13)16-10-6-4-2/h12-15H,3-11H2,1-2H3/t12-,13-,14-/m1/s1. The Kier molecular flexibility index (Phi) is 8.59. The van der Waals surface area contributed by atoms with Crippen molar-refractivity contribution in [3.63, 3.8) is 0 Å². The van der Waals surface area contributed by atoms with Gasteiger partial charge in [-0.1, -0.05) is 39.5 Å². The molecule has 0 spiro atoms.